The first kappa shape index (κ1) is 22.5. The Kier molecular flexibility index (Phi) is 6.83. The molecule has 0 aliphatic heterocycles. The topological polar surface area (TPSA) is 69.0 Å². The Bertz CT molecular complexity index is 1270. The van der Waals surface area contributed by atoms with Crippen molar-refractivity contribution in [3.05, 3.63) is 89.7 Å². The smallest absolute Gasteiger partial charge is 0.234 e. The van der Waals surface area contributed by atoms with Crippen LogP contribution in [-0.2, 0) is 11.4 Å². The van der Waals surface area contributed by atoms with E-state index >= 15 is 0 Å². The van der Waals surface area contributed by atoms with Gasteiger partial charge in [0.2, 0.25) is 5.91 Å². The van der Waals surface area contributed by atoms with Crippen LogP contribution in [0.25, 0.3) is 11.1 Å². The van der Waals surface area contributed by atoms with E-state index in [-0.39, 0.29) is 18.3 Å². The summed E-state index contributed by atoms with van der Waals surface area (Å²) in [6, 6.07) is 25.7. The van der Waals surface area contributed by atoms with Crippen LogP contribution in [0.3, 0.4) is 0 Å². The predicted octanol–water partition coefficient (Wildman–Crippen LogP) is 6.24. The molecule has 5 rings (SSSR count). The number of nitrogens with one attached hydrogen (secondary N) is 1. The van der Waals surface area contributed by atoms with Gasteiger partial charge in [-0.05, 0) is 48.2 Å². The van der Waals surface area contributed by atoms with E-state index in [0.717, 1.165) is 40.6 Å². The molecule has 1 aromatic heterocycles. The van der Waals surface area contributed by atoms with Gasteiger partial charge in [-0.25, -0.2) is 0 Å². The summed E-state index contributed by atoms with van der Waals surface area (Å²) in [6.07, 6.45) is 2.15. The van der Waals surface area contributed by atoms with Crippen molar-refractivity contribution in [2.24, 2.45) is 0 Å². The maximum Gasteiger partial charge on any atom is 0.234 e. The molecule has 0 bridgehead atoms. The number of ether oxygens (including phenoxy) is 1. The Morgan fingerprint density at radius 2 is 1.68 bits per heavy atom. The minimum atomic E-state index is -0.0864. The largest absolute Gasteiger partial charge is 0.484 e. The number of nitrogens with zero attached hydrogens (tertiary/aromatic N) is 3. The lowest BCUT2D eigenvalue weighted by Gasteiger charge is -2.11. The maximum atomic E-state index is 12.6. The molecule has 1 fully saturated rings. The van der Waals surface area contributed by atoms with E-state index < -0.39 is 0 Å². The molecule has 4 aromatic rings. The summed E-state index contributed by atoms with van der Waals surface area (Å²) in [6.45, 7) is 0.272. The number of halogens is 1. The first-order valence-electron chi connectivity index (χ1n) is 11.1. The van der Waals surface area contributed by atoms with Gasteiger partial charge in [-0.2, -0.15) is 0 Å². The van der Waals surface area contributed by atoms with Gasteiger partial charge < -0.3 is 10.1 Å². The van der Waals surface area contributed by atoms with Crippen LogP contribution >= 0.6 is 23.4 Å². The molecule has 0 atom stereocenters. The molecule has 1 amide bonds. The summed E-state index contributed by atoms with van der Waals surface area (Å²) in [7, 11) is 0. The molecule has 0 saturated heterocycles. The maximum absolute atomic E-state index is 12.6. The van der Waals surface area contributed by atoms with E-state index in [2.05, 4.69) is 32.2 Å². The highest BCUT2D eigenvalue weighted by atomic mass is 35.5. The van der Waals surface area contributed by atoms with Gasteiger partial charge in [0.05, 0.1) is 10.8 Å². The van der Waals surface area contributed by atoms with E-state index in [9.17, 15) is 4.79 Å². The third-order valence-corrected chi connectivity index (χ3v) is 6.70. The zero-order chi connectivity index (χ0) is 23.3. The minimum absolute atomic E-state index is 0.0864. The molecule has 1 N–H and O–H groups in total. The Morgan fingerprint density at radius 3 is 2.41 bits per heavy atom. The Morgan fingerprint density at radius 1 is 0.971 bits per heavy atom. The fourth-order valence-electron chi connectivity index (χ4n) is 3.61. The lowest BCUT2D eigenvalue weighted by atomic mass is 10.1. The van der Waals surface area contributed by atoms with E-state index in [4.69, 9.17) is 16.3 Å². The quantitative estimate of drug-likeness (QED) is 0.281. The fourth-order valence-corrected chi connectivity index (χ4v) is 4.63. The second-order valence-electron chi connectivity index (χ2n) is 8.00. The lowest BCUT2D eigenvalue weighted by molar-refractivity contribution is -0.113. The summed E-state index contributed by atoms with van der Waals surface area (Å²) in [5.74, 6) is 1.51. The molecular formula is C26H23ClN4O2S. The van der Waals surface area contributed by atoms with Gasteiger partial charge >= 0.3 is 0 Å². The lowest BCUT2D eigenvalue weighted by Crippen LogP contribution is -2.15. The van der Waals surface area contributed by atoms with Crippen molar-refractivity contribution in [3.8, 4) is 16.9 Å². The highest BCUT2D eigenvalue weighted by Crippen LogP contribution is 2.39. The van der Waals surface area contributed by atoms with Crippen molar-refractivity contribution in [2.75, 3.05) is 11.1 Å². The molecule has 1 heterocycles. The number of benzene rings is 3. The SMILES string of the molecule is O=C(CSc1nnc(COc2ccccc2Cl)n1C1CC1)Nc1ccc(-c2ccccc2)cc1. The number of aromatic nitrogens is 3. The highest BCUT2D eigenvalue weighted by Gasteiger charge is 2.30. The van der Waals surface area contributed by atoms with Crippen LogP contribution in [0.4, 0.5) is 5.69 Å². The number of anilines is 1. The third kappa shape index (κ3) is 5.43. The van der Waals surface area contributed by atoms with Crippen LogP contribution in [0, 0.1) is 0 Å². The molecule has 172 valence electrons. The molecule has 3 aromatic carbocycles. The van der Waals surface area contributed by atoms with E-state index in [1.807, 2.05) is 60.7 Å². The normalized spacial score (nSPS) is 13.0. The van der Waals surface area contributed by atoms with E-state index in [1.165, 1.54) is 11.8 Å². The number of hydrogen-bond donors (Lipinski definition) is 1. The molecule has 1 aliphatic rings. The van der Waals surface area contributed by atoms with Crippen LogP contribution in [-0.4, -0.2) is 26.4 Å². The average Bonchev–Trinajstić information content (AvgIpc) is 3.63. The van der Waals surface area contributed by atoms with E-state index in [0.29, 0.717) is 16.8 Å². The molecule has 0 spiro atoms. The van der Waals surface area contributed by atoms with Gasteiger partial charge in [0, 0.05) is 11.7 Å². The van der Waals surface area contributed by atoms with Crippen molar-refractivity contribution in [3.63, 3.8) is 0 Å². The number of amides is 1. The van der Waals surface area contributed by atoms with Gasteiger partial charge in [0.1, 0.15) is 12.4 Å². The summed E-state index contributed by atoms with van der Waals surface area (Å²) < 4.78 is 7.94. The van der Waals surface area contributed by atoms with E-state index in [1.54, 1.807) is 6.07 Å². The van der Waals surface area contributed by atoms with Crippen LogP contribution in [0.15, 0.2) is 84.0 Å². The molecule has 8 heteroatoms. The van der Waals surface area contributed by atoms with Crippen molar-refractivity contribution in [2.45, 2.75) is 30.6 Å². The number of rotatable bonds is 9. The number of para-hydroxylation sites is 1. The molecular weight excluding hydrogens is 468 g/mol. The summed E-state index contributed by atoms with van der Waals surface area (Å²) >= 11 is 7.57. The van der Waals surface area contributed by atoms with Crippen LogP contribution in [0.5, 0.6) is 5.75 Å². The Hall–Kier alpha value is -3.29. The van der Waals surface area contributed by atoms with Crippen LogP contribution in [0.1, 0.15) is 24.7 Å². The van der Waals surface area contributed by atoms with Crippen LogP contribution in [0.2, 0.25) is 5.02 Å². The second-order valence-corrected chi connectivity index (χ2v) is 9.35. The third-order valence-electron chi connectivity index (χ3n) is 5.45. The predicted molar refractivity (Wildman–Crippen MR) is 135 cm³/mol. The molecule has 0 radical (unpaired) electrons. The summed E-state index contributed by atoms with van der Waals surface area (Å²) in [5, 5.41) is 12.9. The molecule has 6 nitrogen and oxygen atoms in total. The summed E-state index contributed by atoms with van der Waals surface area (Å²) in [4.78, 5) is 12.6. The first-order chi connectivity index (χ1) is 16.7. The minimum Gasteiger partial charge on any atom is -0.484 e. The second kappa shape index (κ2) is 10.3. The average molecular weight is 491 g/mol. The van der Waals surface area contributed by atoms with Crippen molar-refractivity contribution in [1.29, 1.82) is 0 Å². The Labute approximate surface area is 207 Å². The monoisotopic (exact) mass is 490 g/mol. The molecule has 0 unspecified atom stereocenters. The van der Waals surface area contributed by atoms with Crippen LogP contribution < -0.4 is 10.1 Å². The molecule has 1 aliphatic carbocycles. The number of carbonyl (C=O) groups is 1. The Balaban J connectivity index is 1.19. The van der Waals surface area contributed by atoms with Gasteiger partial charge in [0.25, 0.3) is 0 Å². The zero-order valence-electron chi connectivity index (χ0n) is 18.4. The van der Waals surface area contributed by atoms with Gasteiger partial charge in [-0.1, -0.05) is 78.0 Å². The highest BCUT2D eigenvalue weighted by molar-refractivity contribution is 7.99. The molecule has 1 saturated carbocycles. The van der Waals surface area contributed by atoms with Crippen molar-refractivity contribution < 1.29 is 9.53 Å². The number of carbonyl (C=O) groups excluding carboxylic acids is 1. The van der Waals surface area contributed by atoms with Gasteiger partial charge in [0.15, 0.2) is 11.0 Å². The van der Waals surface area contributed by atoms with Gasteiger partial charge in [-0.15, -0.1) is 10.2 Å². The summed E-state index contributed by atoms with van der Waals surface area (Å²) in [5.41, 5.74) is 3.02. The standard InChI is InChI=1S/C26H23ClN4O2S/c27-22-8-4-5-9-23(22)33-16-24-29-30-26(31(24)21-14-15-21)34-17-25(32)28-20-12-10-19(11-13-20)18-6-2-1-3-7-18/h1-13,21H,14-17H2,(H,28,32). The van der Waals surface area contributed by atoms with Crippen molar-refractivity contribution >= 4 is 35.0 Å². The van der Waals surface area contributed by atoms with Crippen molar-refractivity contribution in [1.82, 2.24) is 14.8 Å². The van der Waals surface area contributed by atoms with Gasteiger partial charge in [-0.3, -0.25) is 9.36 Å². The number of thioether (sulfide) groups is 1. The first-order valence-corrected chi connectivity index (χ1v) is 12.4. The zero-order valence-corrected chi connectivity index (χ0v) is 19.9. The molecule has 34 heavy (non-hydrogen) atoms. The fraction of sp³-hybridized carbons (Fsp3) is 0.192. The number of hydrogen-bond acceptors (Lipinski definition) is 5.